The summed E-state index contributed by atoms with van der Waals surface area (Å²) in [6.07, 6.45) is 2.10. The molecule has 0 fully saturated rings. The van der Waals surface area contributed by atoms with Gasteiger partial charge >= 0.3 is 0 Å². The summed E-state index contributed by atoms with van der Waals surface area (Å²) in [7, 11) is 0. The summed E-state index contributed by atoms with van der Waals surface area (Å²) in [4.78, 5) is 0. The molecule has 12 heavy (non-hydrogen) atoms. The lowest BCUT2D eigenvalue weighted by Gasteiger charge is -2.31. The number of hydrogen-bond acceptors (Lipinski definition) is 2. The van der Waals surface area contributed by atoms with E-state index in [9.17, 15) is 5.11 Å². The van der Waals surface area contributed by atoms with Crippen LogP contribution in [0.1, 0.15) is 40.5 Å². The second-order valence-corrected chi connectivity index (χ2v) is 3.65. The quantitative estimate of drug-likeness (QED) is 0.642. The van der Waals surface area contributed by atoms with Crippen molar-refractivity contribution >= 4 is 0 Å². The van der Waals surface area contributed by atoms with E-state index in [1.165, 1.54) is 0 Å². The number of aliphatic hydroxyl groups is 1. The van der Waals surface area contributed by atoms with Crippen molar-refractivity contribution in [3.05, 3.63) is 0 Å². The zero-order valence-corrected chi connectivity index (χ0v) is 8.85. The zero-order valence-electron chi connectivity index (χ0n) is 8.85. The highest BCUT2D eigenvalue weighted by molar-refractivity contribution is 4.82. The molecule has 0 aliphatic carbocycles. The first-order valence-electron chi connectivity index (χ1n) is 5.01. The Morgan fingerprint density at radius 1 is 1.25 bits per heavy atom. The lowest BCUT2D eigenvalue weighted by atomic mass is 9.85. The summed E-state index contributed by atoms with van der Waals surface area (Å²) in [6, 6.07) is 0. The molecule has 0 radical (unpaired) electrons. The van der Waals surface area contributed by atoms with Gasteiger partial charge in [-0.2, -0.15) is 0 Å². The fourth-order valence-corrected chi connectivity index (χ4v) is 1.69. The van der Waals surface area contributed by atoms with Crippen LogP contribution in [0.25, 0.3) is 0 Å². The summed E-state index contributed by atoms with van der Waals surface area (Å²) >= 11 is 0. The molecule has 0 aromatic carbocycles. The topological polar surface area (TPSA) is 32.3 Å². The van der Waals surface area contributed by atoms with Gasteiger partial charge in [0.25, 0.3) is 0 Å². The van der Waals surface area contributed by atoms with Gasteiger partial charge in [0.2, 0.25) is 0 Å². The van der Waals surface area contributed by atoms with Gasteiger partial charge in [-0.25, -0.2) is 0 Å². The molecule has 0 spiro atoms. The van der Waals surface area contributed by atoms with Crippen molar-refractivity contribution in [1.29, 1.82) is 0 Å². The second-order valence-electron chi connectivity index (χ2n) is 3.65. The Labute approximate surface area is 76.4 Å². The van der Waals surface area contributed by atoms with Crippen molar-refractivity contribution in [3.63, 3.8) is 0 Å². The molecule has 0 amide bonds. The average molecular weight is 173 g/mol. The lowest BCUT2D eigenvalue weighted by Crippen LogP contribution is -2.43. The van der Waals surface area contributed by atoms with E-state index >= 15 is 0 Å². The fourth-order valence-electron chi connectivity index (χ4n) is 1.69. The molecule has 0 heterocycles. The summed E-state index contributed by atoms with van der Waals surface area (Å²) in [5.74, 6) is 0.413. The molecule has 2 heteroatoms. The van der Waals surface area contributed by atoms with E-state index in [0.717, 1.165) is 19.4 Å². The molecular weight excluding hydrogens is 150 g/mol. The molecule has 0 saturated carbocycles. The Kier molecular flexibility index (Phi) is 5.51. The summed E-state index contributed by atoms with van der Waals surface area (Å²) in [5, 5.41) is 13.2. The van der Waals surface area contributed by atoms with Crippen LogP contribution in [0.4, 0.5) is 0 Å². The first kappa shape index (κ1) is 11.9. The molecular formula is C10H23NO. The normalized spacial score (nSPS) is 16.5. The van der Waals surface area contributed by atoms with E-state index in [2.05, 4.69) is 26.1 Å². The third-order valence-corrected chi connectivity index (χ3v) is 2.60. The molecule has 0 saturated heterocycles. The molecule has 0 rings (SSSR count). The zero-order chi connectivity index (χ0) is 9.61. The maximum absolute atomic E-state index is 10.0. The predicted octanol–water partition coefficient (Wildman–Crippen LogP) is 1.78. The van der Waals surface area contributed by atoms with Crippen molar-refractivity contribution in [1.82, 2.24) is 5.32 Å². The summed E-state index contributed by atoms with van der Waals surface area (Å²) in [5.41, 5.74) is -0.542. The third-order valence-electron chi connectivity index (χ3n) is 2.60. The first-order chi connectivity index (χ1) is 5.58. The highest BCUT2D eigenvalue weighted by Crippen LogP contribution is 2.22. The van der Waals surface area contributed by atoms with E-state index < -0.39 is 5.60 Å². The van der Waals surface area contributed by atoms with Crippen LogP contribution in [-0.4, -0.2) is 23.8 Å². The molecule has 1 atom stereocenters. The van der Waals surface area contributed by atoms with Crippen LogP contribution in [0.2, 0.25) is 0 Å². The molecule has 0 aromatic rings. The highest BCUT2D eigenvalue weighted by atomic mass is 16.3. The standard InChI is InChI=1S/C10H23NO/c1-5-9(6-2)10(4,12)8-11-7-3/h9,11-12H,5-8H2,1-4H3. The molecule has 0 bridgehead atoms. The van der Waals surface area contributed by atoms with Crippen molar-refractivity contribution < 1.29 is 5.11 Å². The van der Waals surface area contributed by atoms with Crippen LogP contribution in [0.3, 0.4) is 0 Å². The number of hydrogen-bond donors (Lipinski definition) is 2. The van der Waals surface area contributed by atoms with Crippen LogP contribution in [0.15, 0.2) is 0 Å². The lowest BCUT2D eigenvalue weighted by molar-refractivity contribution is -0.00306. The van der Waals surface area contributed by atoms with Gasteiger partial charge in [0.05, 0.1) is 5.60 Å². The minimum Gasteiger partial charge on any atom is -0.389 e. The Morgan fingerprint density at radius 3 is 2.08 bits per heavy atom. The Balaban J connectivity index is 3.96. The first-order valence-corrected chi connectivity index (χ1v) is 5.01. The van der Waals surface area contributed by atoms with Crippen LogP contribution in [-0.2, 0) is 0 Å². The molecule has 74 valence electrons. The molecule has 2 N–H and O–H groups in total. The van der Waals surface area contributed by atoms with E-state index in [0.29, 0.717) is 12.5 Å². The molecule has 0 aliphatic rings. The molecule has 1 unspecified atom stereocenters. The minimum absolute atomic E-state index is 0.413. The van der Waals surface area contributed by atoms with Crippen LogP contribution in [0.5, 0.6) is 0 Å². The molecule has 0 aliphatic heterocycles. The maximum Gasteiger partial charge on any atom is 0.0771 e. The Hall–Kier alpha value is -0.0800. The number of likely N-dealkylation sites (N-methyl/N-ethyl adjacent to an activating group) is 1. The van der Waals surface area contributed by atoms with Gasteiger partial charge in [-0.3, -0.25) is 0 Å². The molecule has 0 aromatic heterocycles. The van der Waals surface area contributed by atoms with Crippen LogP contribution < -0.4 is 5.32 Å². The number of nitrogens with one attached hydrogen (secondary N) is 1. The van der Waals surface area contributed by atoms with Crippen LogP contribution in [0, 0.1) is 5.92 Å². The molecule has 2 nitrogen and oxygen atoms in total. The van der Waals surface area contributed by atoms with E-state index in [1.54, 1.807) is 0 Å². The van der Waals surface area contributed by atoms with Crippen molar-refractivity contribution in [3.8, 4) is 0 Å². The van der Waals surface area contributed by atoms with E-state index in [4.69, 9.17) is 0 Å². The maximum atomic E-state index is 10.0. The van der Waals surface area contributed by atoms with Crippen molar-refractivity contribution in [2.75, 3.05) is 13.1 Å². The SMILES string of the molecule is CCNCC(C)(O)C(CC)CC. The minimum atomic E-state index is -0.542. The van der Waals surface area contributed by atoms with Gasteiger partial charge in [0.1, 0.15) is 0 Å². The summed E-state index contributed by atoms with van der Waals surface area (Å²) in [6.45, 7) is 9.88. The van der Waals surface area contributed by atoms with Gasteiger partial charge in [-0.1, -0.05) is 33.6 Å². The Morgan fingerprint density at radius 2 is 1.75 bits per heavy atom. The summed E-state index contributed by atoms with van der Waals surface area (Å²) < 4.78 is 0. The Bertz CT molecular complexity index is 108. The average Bonchev–Trinajstić information content (AvgIpc) is 2.03. The van der Waals surface area contributed by atoms with Gasteiger partial charge in [0.15, 0.2) is 0 Å². The van der Waals surface area contributed by atoms with Gasteiger partial charge in [0, 0.05) is 6.54 Å². The van der Waals surface area contributed by atoms with Gasteiger partial charge in [-0.15, -0.1) is 0 Å². The monoisotopic (exact) mass is 173 g/mol. The van der Waals surface area contributed by atoms with Crippen molar-refractivity contribution in [2.45, 2.75) is 46.1 Å². The fraction of sp³-hybridized carbons (Fsp3) is 1.00. The highest BCUT2D eigenvalue weighted by Gasteiger charge is 2.28. The smallest absolute Gasteiger partial charge is 0.0771 e. The van der Waals surface area contributed by atoms with Crippen molar-refractivity contribution in [2.24, 2.45) is 5.92 Å². The third kappa shape index (κ3) is 3.55. The number of rotatable bonds is 6. The predicted molar refractivity (Wildman–Crippen MR) is 53.2 cm³/mol. The van der Waals surface area contributed by atoms with E-state index in [-0.39, 0.29) is 0 Å². The van der Waals surface area contributed by atoms with Crippen LogP contribution >= 0.6 is 0 Å². The largest absolute Gasteiger partial charge is 0.389 e. The van der Waals surface area contributed by atoms with Gasteiger partial charge in [-0.05, 0) is 19.4 Å². The second kappa shape index (κ2) is 5.55. The van der Waals surface area contributed by atoms with E-state index in [1.807, 2.05) is 6.92 Å². The van der Waals surface area contributed by atoms with Gasteiger partial charge < -0.3 is 10.4 Å².